The van der Waals surface area contributed by atoms with E-state index in [9.17, 15) is 4.79 Å². The molecule has 0 unspecified atom stereocenters. The zero-order chi connectivity index (χ0) is 12.7. The first-order chi connectivity index (χ1) is 8.13. The molecule has 0 saturated heterocycles. The minimum atomic E-state index is -0.887. The van der Waals surface area contributed by atoms with Crippen LogP contribution in [0, 0.1) is 6.92 Å². The van der Waals surface area contributed by atoms with Crippen LogP contribution in [0.3, 0.4) is 0 Å². The maximum absolute atomic E-state index is 11.0. The smallest absolute Gasteiger partial charge is 0.333 e. The van der Waals surface area contributed by atoms with Crippen molar-refractivity contribution in [2.75, 3.05) is 6.61 Å². The Morgan fingerprint density at radius 2 is 2.00 bits per heavy atom. The van der Waals surface area contributed by atoms with Gasteiger partial charge in [0.25, 0.3) is 0 Å². The van der Waals surface area contributed by atoms with E-state index in [4.69, 9.17) is 9.84 Å². The lowest BCUT2D eigenvalue weighted by atomic mass is 10.1. The van der Waals surface area contributed by atoms with Crippen molar-refractivity contribution in [3.63, 3.8) is 0 Å². The Bertz CT molecular complexity index is 343. The lowest BCUT2D eigenvalue weighted by molar-refractivity contribution is -0.150. The van der Waals surface area contributed by atoms with Gasteiger partial charge >= 0.3 is 5.97 Å². The third-order valence-corrected chi connectivity index (χ3v) is 2.63. The normalized spacial score (nSPS) is 12.4. The van der Waals surface area contributed by atoms with Crippen LogP contribution in [0.1, 0.15) is 30.9 Å². The summed E-state index contributed by atoms with van der Waals surface area (Å²) in [7, 11) is 0. The van der Waals surface area contributed by atoms with E-state index < -0.39 is 12.1 Å². The molecule has 3 heteroatoms. The molecule has 0 saturated carbocycles. The molecule has 94 valence electrons. The Balaban J connectivity index is 2.54. The van der Waals surface area contributed by atoms with E-state index >= 15 is 0 Å². The molecule has 17 heavy (non-hydrogen) atoms. The van der Waals surface area contributed by atoms with Crippen molar-refractivity contribution in [1.29, 1.82) is 0 Å². The molecule has 1 atom stereocenters. The molecule has 1 aromatic carbocycles. The summed E-state index contributed by atoms with van der Waals surface area (Å²) in [6.07, 6.45) is 1.61. The van der Waals surface area contributed by atoms with Crippen LogP contribution in [0.2, 0.25) is 0 Å². The van der Waals surface area contributed by atoms with Gasteiger partial charge in [-0.05, 0) is 18.9 Å². The van der Waals surface area contributed by atoms with Gasteiger partial charge in [-0.15, -0.1) is 0 Å². The number of aryl methyl sites for hydroxylation is 1. The van der Waals surface area contributed by atoms with Gasteiger partial charge < -0.3 is 9.84 Å². The van der Waals surface area contributed by atoms with E-state index in [1.807, 2.05) is 31.2 Å². The van der Waals surface area contributed by atoms with Gasteiger partial charge in [-0.3, -0.25) is 0 Å². The monoisotopic (exact) mass is 236 g/mol. The van der Waals surface area contributed by atoms with Crippen molar-refractivity contribution in [1.82, 2.24) is 0 Å². The first-order valence-corrected chi connectivity index (χ1v) is 6.03. The number of hydrogen-bond acceptors (Lipinski definition) is 2. The maximum atomic E-state index is 11.0. The Labute approximate surface area is 102 Å². The molecule has 0 heterocycles. The third kappa shape index (κ3) is 5.00. The van der Waals surface area contributed by atoms with E-state index in [-0.39, 0.29) is 0 Å². The van der Waals surface area contributed by atoms with Crippen LogP contribution in [0.15, 0.2) is 24.3 Å². The zero-order valence-electron chi connectivity index (χ0n) is 10.5. The highest BCUT2D eigenvalue weighted by atomic mass is 16.5. The van der Waals surface area contributed by atoms with Crippen molar-refractivity contribution >= 4 is 5.97 Å². The quantitative estimate of drug-likeness (QED) is 0.740. The van der Waals surface area contributed by atoms with Crippen molar-refractivity contribution < 1.29 is 14.6 Å². The second-order valence-corrected chi connectivity index (χ2v) is 4.24. The summed E-state index contributed by atoms with van der Waals surface area (Å²) in [5.74, 6) is -0.887. The largest absolute Gasteiger partial charge is 0.479 e. The van der Waals surface area contributed by atoms with Gasteiger partial charge in [0.1, 0.15) is 0 Å². The summed E-state index contributed by atoms with van der Waals surface area (Å²) in [6, 6.07) is 7.88. The summed E-state index contributed by atoms with van der Waals surface area (Å²) in [6.45, 7) is 4.58. The van der Waals surface area contributed by atoms with Crippen LogP contribution < -0.4 is 0 Å². The van der Waals surface area contributed by atoms with E-state index in [0.29, 0.717) is 13.0 Å². The summed E-state index contributed by atoms with van der Waals surface area (Å²) < 4.78 is 5.38. The van der Waals surface area contributed by atoms with Gasteiger partial charge in [-0.25, -0.2) is 4.79 Å². The van der Waals surface area contributed by atoms with Crippen LogP contribution in [-0.2, 0) is 16.0 Å². The minimum absolute atomic E-state index is 0.430. The molecule has 0 amide bonds. The van der Waals surface area contributed by atoms with Gasteiger partial charge in [0, 0.05) is 13.0 Å². The molecule has 0 fully saturated rings. The Kier molecular flexibility index (Phi) is 5.70. The number of carboxylic acids is 1. The summed E-state index contributed by atoms with van der Waals surface area (Å²) in [4.78, 5) is 11.0. The van der Waals surface area contributed by atoms with E-state index in [2.05, 4.69) is 6.92 Å². The third-order valence-electron chi connectivity index (χ3n) is 2.63. The summed E-state index contributed by atoms with van der Waals surface area (Å²) in [5.41, 5.74) is 2.17. The number of aliphatic carboxylic acids is 1. The SMILES string of the molecule is CCCCO[C@@H](Cc1ccc(C)cc1)C(=O)O. The standard InChI is InChI=1S/C14H20O3/c1-3-4-9-17-13(14(15)16)10-12-7-5-11(2)6-8-12/h5-8,13H,3-4,9-10H2,1-2H3,(H,15,16)/t13-/m0/s1. The molecule has 0 aliphatic heterocycles. The minimum Gasteiger partial charge on any atom is -0.479 e. The fourth-order valence-electron chi connectivity index (χ4n) is 1.53. The molecule has 1 aromatic rings. The van der Waals surface area contributed by atoms with Gasteiger partial charge in [-0.1, -0.05) is 43.2 Å². The number of unbranched alkanes of at least 4 members (excludes halogenated alkanes) is 1. The van der Waals surface area contributed by atoms with Crippen LogP contribution in [-0.4, -0.2) is 23.8 Å². The van der Waals surface area contributed by atoms with Crippen LogP contribution in [0.25, 0.3) is 0 Å². The molecule has 0 spiro atoms. The number of rotatable bonds is 7. The Morgan fingerprint density at radius 1 is 1.35 bits per heavy atom. The Hall–Kier alpha value is -1.35. The number of ether oxygens (including phenoxy) is 1. The average molecular weight is 236 g/mol. The molecule has 0 bridgehead atoms. The molecule has 0 aromatic heterocycles. The number of benzene rings is 1. The molecular weight excluding hydrogens is 216 g/mol. The maximum Gasteiger partial charge on any atom is 0.333 e. The second kappa shape index (κ2) is 7.07. The molecule has 0 aliphatic carbocycles. The van der Waals surface area contributed by atoms with Crippen molar-refractivity contribution in [2.24, 2.45) is 0 Å². The fraction of sp³-hybridized carbons (Fsp3) is 0.500. The first kappa shape index (κ1) is 13.7. The number of carboxylic acid groups (broad SMARTS) is 1. The van der Waals surface area contributed by atoms with Crippen molar-refractivity contribution in [3.05, 3.63) is 35.4 Å². The van der Waals surface area contributed by atoms with Gasteiger partial charge in [0.05, 0.1) is 0 Å². The van der Waals surface area contributed by atoms with E-state index in [1.54, 1.807) is 0 Å². The summed E-state index contributed by atoms with van der Waals surface area (Å²) in [5, 5.41) is 9.06. The molecule has 3 nitrogen and oxygen atoms in total. The molecule has 0 aliphatic rings. The van der Waals surface area contributed by atoms with E-state index in [0.717, 1.165) is 18.4 Å². The molecule has 1 N–H and O–H groups in total. The van der Waals surface area contributed by atoms with Gasteiger partial charge in [-0.2, -0.15) is 0 Å². The molecule has 0 radical (unpaired) electrons. The summed E-state index contributed by atoms with van der Waals surface area (Å²) >= 11 is 0. The van der Waals surface area contributed by atoms with Crippen LogP contribution >= 0.6 is 0 Å². The van der Waals surface area contributed by atoms with Crippen molar-refractivity contribution in [2.45, 2.75) is 39.2 Å². The average Bonchev–Trinajstić information content (AvgIpc) is 2.30. The lowest BCUT2D eigenvalue weighted by Gasteiger charge is -2.13. The van der Waals surface area contributed by atoms with Gasteiger partial charge in [0.15, 0.2) is 6.10 Å². The lowest BCUT2D eigenvalue weighted by Crippen LogP contribution is -2.26. The number of hydrogen-bond donors (Lipinski definition) is 1. The van der Waals surface area contributed by atoms with Crippen LogP contribution in [0.4, 0.5) is 0 Å². The highest BCUT2D eigenvalue weighted by Crippen LogP contribution is 2.09. The topological polar surface area (TPSA) is 46.5 Å². The van der Waals surface area contributed by atoms with Crippen molar-refractivity contribution in [3.8, 4) is 0 Å². The van der Waals surface area contributed by atoms with E-state index in [1.165, 1.54) is 5.56 Å². The predicted molar refractivity (Wildman–Crippen MR) is 67.2 cm³/mol. The van der Waals surface area contributed by atoms with Crippen LogP contribution in [0.5, 0.6) is 0 Å². The first-order valence-electron chi connectivity index (χ1n) is 6.03. The highest BCUT2D eigenvalue weighted by Gasteiger charge is 2.18. The number of carbonyl (C=O) groups is 1. The zero-order valence-corrected chi connectivity index (χ0v) is 10.5. The Morgan fingerprint density at radius 3 is 2.53 bits per heavy atom. The highest BCUT2D eigenvalue weighted by molar-refractivity contribution is 5.72. The molecular formula is C14H20O3. The second-order valence-electron chi connectivity index (χ2n) is 4.24. The van der Waals surface area contributed by atoms with Gasteiger partial charge in [0.2, 0.25) is 0 Å². The fourth-order valence-corrected chi connectivity index (χ4v) is 1.53. The predicted octanol–water partition coefficient (Wildman–Crippen LogP) is 2.81. The molecule has 1 rings (SSSR count).